The fourth-order valence-electron chi connectivity index (χ4n) is 3.44. The van der Waals surface area contributed by atoms with Gasteiger partial charge in [0.1, 0.15) is 22.7 Å². The molecular formula is C19H24F3NO5. The summed E-state index contributed by atoms with van der Waals surface area (Å²) in [5.74, 6) is -0.422. The molecule has 2 aliphatic heterocycles. The molecule has 156 valence electrons. The summed E-state index contributed by atoms with van der Waals surface area (Å²) in [6.45, 7) is 4.39. The van der Waals surface area contributed by atoms with Crippen LogP contribution in [0.5, 0.6) is 11.5 Å². The predicted octanol–water partition coefficient (Wildman–Crippen LogP) is 4.17. The van der Waals surface area contributed by atoms with Crippen molar-refractivity contribution in [3.05, 3.63) is 23.8 Å². The second-order valence-corrected chi connectivity index (χ2v) is 8.03. The van der Waals surface area contributed by atoms with Crippen molar-refractivity contribution in [3.63, 3.8) is 0 Å². The van der Waals surface area contributed by atoms with Gasteiger partial charge in [-0.1, -0.05) is 6.07 Å². The first-order valence-corrected chi connectivity index (χ1v) is 8.96. The topological polar surface area (TPSA) is 68.2 Å². The summed E-state index contributed by atoms with van der Waals surface area (Å²) in [7, 11) is 0. The summed E-state index contributed by atoms with van der Waals surface area (Å²) in [5.41, 5.74) is -1.72. The Morgan fingerprint density at radius 2 is 2.07 bits per heavy atom. The van der Waals surface area contributed by atoms with Gasteiger partial charge in [0.05, 0.1) is 11.7 Å². The SMILES string of the molecule is [2H]C1CC2(CCN1C(=O)OC(C)(C)C)CC(O)c1c(OC(F)(F)F)cccc1O2. The number of benzene rings is 1. The lowest BCUT2D eigenvalue weighted by Gasteiger charge is -2.46. The van der Waals surface area contributed by atoms with Crippen LogP contribution in [0.4, 0.5) is 18.0 Å². The molecule has 2 heterocycles. The molecule has 1 spiro atoms. The lowest BCUT2D eigenvalue weighted by atomic mass is 9.81. The number of aliphatic hydroxyl groups is 1. The average Bonchev–Trinajstić information content (AvgIpc) is 2.51. The van der Waals surface area contributed by atoms with E-state index in [1.54, 1.807) is 20.8 Å². The van der Waals surface area contributed by atoms with Crippen LogP contribution in [0.25, 0.3) is 0 Å². The maximum absolute atomic E-state index is 12.7. The van der Waals surface area contributed by atoms with Gasteiger partial charge in [-0.2, -0.15) is 0 Å². The van der Waals surface area contributed by atoms with E-state index < -0.39 is 42.0 Å². The van der Waals surface area contributed by atoms with Crippen LogP contribution in [0.15, 0.2) is 18.2 Å². The molecule has 3 unspecified atom stereocenters. The maximum Gasteiger partial charge on any atom is 0.573 e. The van der Waals surface area contributed by atoms with E-state index in [0.29, 0.717) is 6.42 Å². The Labute approximate surface area is 162 Å². The van der Waals surface area contributed by atoms with Gasteiger partial charge in [-0.15, -0.1) is 13.2 Å². The number of rotatable bonds is 1. The highest BCUT2D eigenvalue weighted by molar-refractivity contribution is 5.68. The third-order valence-electron chi connectivity index (χ3n) is 4.60. The van der Waals surface area contributed by atoms with Gasteiger partial charge >= 0.3 is 12.5 Å². The molecule has 1 N–H and O–H groups in total. The summed E-state index contributed by atoms with van der Waals surface area (Å²) in [6.07, 6.45) is -6.36. The fourth-order valence-corrected chi connectivity index (χ4v) is 3.44. The van der Waals surface area contributed by atoms with Gasteiger partial charge in [0, 0.05) is 33.7 Å². The van der Waals surface area contributed by atoms with Crippen LogP contribution in [0.2, 0.25) is 0 Å². The molecule has 0 aliphatic carbocycles. The zero-order valence-corrected chi connectivity index (χ0v) is 15.9. The van der Waals surface area contributed by atoms with Crippen LogP contribution in [-0.4, -0.2) is 46.7 Å². The summed E-state index contributed by atoms with van der Waals surface area (Å²) in [5, 5.41) is 10.6. The van der Waals surface area contributed by atoms with Crippen molar-refractivity contribution in [3.8, 4) is 11.5 Å². The number of halogens is 3. The Morgan fingerprint density at radius 1 is 1.36 bits per heavy atom. The molecule has 1 amide bonds. The lowest BCUT2D eigenvalue weighted by Crippen LogP contribution is -2.52. The van der Waals surface area contributed by atoms with Crippen molar-refractivity contribution in [1.29, 1.82) is 0 Å². The van der Waals surface area contributed by atoms with Crippen LogP contribution >= 0.6 is 0 Å². The normalized spacial score (nSPS) is 28.2. The molecule has 0 saturated carbocycles. The van der Waals surface area contributed by atoms with Gasteiger partial charge < -0.3 is 24.2 Å². The second kappa shape index (κ2) is 7.02. The summed E-state index contributed by atoms with van der Waals surface area (Å²) < 4.78 is 61.6. The van der Waals surface area contributed by atoms with Gasteiger partial charge in [-0.3, -0.25) is 0 Å². The Bertz CT molecular complexity index is 782. The van der Waals surface area contributed by atoms with Crippen molar-refractivity contribution in [1.82, 2.24) is 4.90 Å². The second-order valence-electron chi connectivity index (χ2n) is 8.03. The van der Waals surface area contributed by atoms with Crippen molar-refractivity contribution in [2.45, 2.75) is 63.7 Å². The van der Waals surface area contributed by atoms with E-state index in [-0.39, 0.29) is 30.7 Å². The zero-order chi connectivity index (χ0) is 21.6. The van der Waals surface area contributed by atoms with E-state index in [1.165, 1.54) is 17.0 Å². The molecule has 1 fully saturated rings. The average molecular weight is 404 g/mol. The van der Waals surface area contributed by atoms with Crippen molar-refractivity contribution in [2.75, 3.05) is 13.1 Å². The van der Waals surface area contributed by atoms with E-state index >= 15 is 0 Å². The van der Waals surface area contributed by atoms with Gasteiger partial charge in [0.25, 0.3) is 0 Å². The van der Waals surface area contributed by atoms with Crippen molar-refractivity contribution >= 4 is 6.09 Å². The molecule has 3 atom stereocenters. The van der Waals surface area contributed by atoms with E-state index in [2.05, 4.69) is 4.74 Å². The molecule has 6 nitrogen and oxygen atoms in total. The molecule has 2 aliphatic rings. The zero-order valence-electron chi connectivity index (χ0n) is 16.9. The number of amides is 1. The molecule has 9 heteroatoms. The quantitative estimate of drug-likeness (QED) is 0.761. The molecule has 28 heavy (non-hydrogen) atoms. The Kier molecular flexibility index (Phi) is 4.81. The highest BCUT2D eigenvalue weighted by Crippen LogP contribution is 2.48. The minimum atomic E-state index is -4.89. The standard InChI is InChI=1S/C19H24F3NO5/c1-17(2,3)28-16(25)23-9-7-18(8-10-23)11-12(24)15-13(26-18)5-4-6-14(15)27-19(20,21)22/h4-6,12,24H,7-11H2,1-3H3/i9D. The van der Waals surface area contributed by atoms with E-state index in [4.69, 9.17) is 10.8 Å². The number of hydrogen-bond donors (Lipinski definition) is 1. The number of piperidine rings is 1. The number of nitrogens with zero attached hydrogens (tertiary/aromatic N) is 1. The van der Waals surface area contributed by atoms with Crippen LogP contribution < -0.4 is 9.47 Å². The van der Waals surface area contributed by atoms with Crippen molar-refractivity contribution < 1.29 is 38.7 Å². The molecule has 1 aromatic rings. The minimum absolute atomic E-state index is 0.00420. The number of hydrogen-bond acceptors (Lipinski definition) is 5. The number of carbonyl (C=O) groups excluding carboxylic acids is 1. The number of aliphatic hydroxyl groups excluding tert-OH is 1. The summed E-state index contributed by atoms with van der Waals surface area (Å²) >= 11 is 0. The van der Waals surface area contributed by atoms with Crippen LogP contribution in [0.1, 0.15) is 53.1 Å². The van der Waals surface area contributed by atoms with E-state index in [1.807, 2.05) is 0 Å². The molecular weight excluding hydrogens is 379 g/mol. The Balaban J connectivity index is 1.78. The summed E-state index contributed by atoms with van der Waals surface area (Å²) in [4.78, 5) is 13.6. The third-order valence-corrected chi connectivity index (χ3v) is 4.60. The smallest absolute Gasteiger partial charge is 0.486 e. The molecule has 0 bridgehead atoms. The third kappa shape index (κ3) is 4.63. The van der Waals surface area contributed by atoms with E-state index in [0.717, 1.165) is 6.07 Å². The number of ether oxygens (including phenoxy) is 3. The van der Waals surface area contributed by atoms with Gasteiger partial charge in [-0.25, -0.2) is 4.79 Å². The van der Waals surface area contributed by atoms with Gasteiger partial charge in [-0.05, 0) is 32.9 Å². The van der Waals surface area contributed by atoms with Crippen LogP contribution in [-0.2, 0) is 4.74 Å². The number of fused-ring (bicyclic) bond motifs is 1. The number of likely N-dealkylation sites (tertiary alicyclic amines) is 1. The molecule has 0 aromatic heterocycles. The van der Waals surface area contributed by atoms with Gasteiger partial charge in [0.15, 0.2) is 0 Å². The maximum atomic E-state index is 12.7. The number of carbonyl (C=O) groups is 1. The Hall–Kier alpha value is -2.16. The van der Waals surface area contributed by atoms with Crippen LogP contribution in [0, 0.1) is 0 Å². The highest BCUT2D eigenvalue weighted by atomic mass is 19.4. The first kappa shape index (κ1) is 19.2. The molecule has 1 saturated heterocycles. The minimum Gasteiger partial charge on any atom is -0.486 e. The first-order chi connectivity index (χ1) is 13.3. The molecule has 0 radical (unpaired) electrons. The highest BCUT2D eigenvalue weighted by Gasteiger charge is 2.46. The van der Waals surface area contributed by atoms with Gasteiger partial charge in [0.2, 0.25) is 0 Å². The number of alkyl halides is 3. The summed E-state index contributed by atoms with van der Waals surface area (Å²) in [6, 6.07) is 3.93. The van der Waals surface area contributed by atoms with E-state index in [9.17, 15) is 23.1 Å². The first-order valence-electron chi connectivity index (χ1n) is 9.54. The lowest BCUT2D eigenvalue weighted by molar-refractivity contribution is -0.275. The predicted molar refractivity (Wildman–Crippen MR) is 93.1 cm³/mol. The molecule has 3 rings (SSSR count). The molecule has 1 aromatic carbocycles. The Morgan fingerprint density at radius 3 is 2.68 bits per heavy atom. The largest absolute Gasteiger partial charge is 0.573 e. The van der Waals surface area contributed by atoms with Crippen molar-refractivity contribution in [2.24, 2.45) is 0 Å². The van der Waals surface area contributed by atoms with Crippen LogP contribution in [0.3, 0.4) is 0 Å². The fraction of sp³-hybridized carbons (Fsp3) is 0.632. The monoisotopic (exact) mass is 404 g/mol.